The number of guanidine groups is 1. The fourth-order valence-electron chi connectivity index (χ4n) is 4.92. The minimum absolute atomic E-state index is 0.0702. The van der Waals surface area contributed by atoms with Gasteiger partial charge in [-0.15, -0.1) is 0 Å². The summed E-state index contributed by atoms with van der Waals surface area (Å²) >= 11 is 0. The number of amides is 3. The molecule has 0 saturated carbocycles. The number of aliphatic imine (C=N–C) groups is 1. The Kier molecular flexibility index (Phi) is 13.3. The van der Waals surface area contributed by atoms with Gasteiger partial charge < -0.3 is 42.3 Å². The maximum atomic E-state index is 13.6. The van der Waals surface area contributed by atoms with Crippen LogP contribution in [0.15, 0.2) is 68.8 Å². The number of carbonyl (C=O) groups excluding carboxylic acids is 3. The van der Waals surface area contributed by atoms with Crippen LogP contribution in [0, 0.1) is 6.92 Å². The molecule has 1 aliphatic heterocycles. The Morgan fingerprint density at radius 1 is 1.04 bits per heavy atom. The number of anilines is 1. The maximum Gasteiger partial charge on any atom is 0.336 e. The van der Waals surface area contributed by atoms with Crippen LogP contribution in [-0.2, 0) is 25.6 Å². The molecule has 0 radical (unpaired) electrons. The normalized spacial score (nSPS) is 15.0. The van der Waals surface area contributed by atoms with Crippen molar-refractivity contribution in [2.75, 3.05) is 18.4 Å². The SMILES string of the molecule is CC(=O)O.Cc1cc(=O)oc2cc(NC(=O)[C@H](CCCN=C(N)N)NC(=O)[C@H](Cc3ccccc3)NC(=O)C3CCCN3)ccc12. The second kappa shape index (κ2) is 17.3. The Hall–Kier alpha value is -5.24. The molecule has 1 fully saturated rings. The molecule has 1 saturated heterocycles. The number of fused-ring (bicyclic) bond motifs is 1. The Bertz CT molecular complexity index is 1590. The lowest BCUT2D eigenvalue weighted by molar-refractivity contribution is -0.134. The second-order valence-corrected chi connectivity index (χ2v) is 10.9. The fourth-order valence-corrected chi connectivity index (χ4v) is 4.92. The number of carboxylic acids is 1. The van der Waals surface area contributed by atoms with Gasteiger partial charge in [0.05, 0.1) is 6.04 Å². The molecule has 46 heavy (non-hydrogen) atoms. The zero-order valence-electron chi connectivity index (χ0n) is 25.9. The van der Waals surface area contributed by atoms with Crippen LogP contribution in [0.4, 0.5) is 5.69 Å². The standard InChI is InChI=1S/C30H37N7O5.C2H4O2/c1-18-15-26(38)42-25-17-20(11-12-21(18)25)35-28(40)23(10-6-14-34-30(31)32)36-29(41)24(16-19-7-3-2-4-8-19)37-27(39)22-9-5-13-33-22;1-2(3)4/h2-4,7-8,11-12,15,17,22-24,33H,5-6,9-10,13-14,16H2,1H3,(H,35,40)(H,36,41)(H,37,39)(H4,31,32,34);1H3,(H,3,4)/t22?,23-,24-;/m0./s1. The predicted octanol–water partition coefficient (Wildman–Crippen LogP) is 1.15. The van der Waals surface area contributed by atoms with Gasteiger partial charge in [0.15, 0.2) is 5.96 Å². The highest BCUT2D eigenvalue weighted by Gasteiger charge is 2.30. The topological polar surface area (TPSA) is 231 Å². The zero-order valence-corrected chi connectivity index (χ0v) is 25.9. The van der Waals surface area contributed by atoms with Crippen LogP contribution in [0.3, 0.4) is 0 Å². The molecule has 9 N–H and O–H groups in total. The summed E-state index contributed by atoms with van der Waals surface area (Å²) in [6, 6.07) is 13.5. The number of nitrogens with one attached hydrogen (secondary N) is 4. The number of carbonyl (C=O) groups is 4. The monoisotopic (exact) mass is 635 g/mol. The number of aliphatic carboxylic acids is 1. The van der Waals surface area contributed by atoms with Crippen LogP contribution in [-0.4, -0.2) is 66.0 Å². The van der Waals surface area contributed by atoms with Gasteiger partial charge >= 0.3 is 5.63 Å². The Morgan fingerprint density at radius 3 is 2.41 bits per heavy atom. The summed E-state index contributed by atoms with van der Waals surface area (Å²) in [6.07, 6.45) is 2.45. The summed E-state index contributed by atoms with van der Waals surface area (Å²) in [5.74, 6) is -2.14. The second-order valence-electron chi connectivity index (χ2n) is 10.9. The van der Waals surface area contributed by atoms with Gasteiger partial charge in [0, 0.05) is 43.1 Å². The lowest BCUT2D eigenvalue weighted by Gasteiger charge is -2.24. The molecule has 0 spiro atoms. The van der Waals surface area contributed by atoms with Gasteiger partial charge in [-0.2, -0.15) is 0 Å². The average Bonchev–Trinajstić information content (AvgIpc) is 3.53. The summed E-state index contributed by atoms with van der Waals surface area (Å²) in [6.45, 7) is 3.89. The van der Waals surface area contributed by atoms with E-state index in [1.54, 1.807) is 25.1 Å². The molecule has 3 amide bonds. The van der Waals surface area contributed by atoms with Gasteiger partial charge in [-0.3, -0.25) is 24.2 Å². The predicted molar refractivity (Wildman–Crippen MR) is 174 cm³/mol. The van der Waals surface area contributed by atoms with E-state index in [2.05, 4.69) is 26.3 Å². The highest BCUT2D eigenvalue weighted by Crippen LogP contribution is 2.21. The zero-order chi connectivity index (χ0) is 33.6. The van der Waals surface area contributed by atoms with Crippen LogP contribution >= 0.6 is 0 Å². The molecule has 0 aliphatic carbocycles. The summed E-state index contributed by atoms with van der Waals surface area (Å²) in [5, 5.41) is 19.8. The first-order chi connectivity index (χ1) is 21.9. The molecule has 4 rings (SSSR count). The smallest absolute Gasteiger partial charge is 0.336 e. The van der Waals surface area contributed by atoms with Crippen molar-refractivity contribution in [1.82, 2.24) is 16.0 Å². The van der Waals surface area contributed by atoms with E-state index in [1.165, 1.54) is 6.07 Å². The Labute approximate surface area is 266 Å². The molecule has 1 unspecified atom stereocenters. The van der Waals surface area contributed by atoms with E-state index in [-0.39, 0.29) is 37.3 Å². The van der Waals surface area contributed by atoms with Gasteiger partial charge in [0.2, 0.25) is 17.7 Å². The van der Waals surface area contributed by atoms with Crippen molar-refractivity contribution >= 4 is 46.3 Å². The molecule has 3 aromatic rings. The van der Waals surface area contributed by atoms with Gasteiger partial charge in [-0.1, -0.05) is 30.3 Å². The van der Waals surface area contributed by atoms with Crippen molar-refractivity contribution in [3.63, 3.8) is 0 Å². The van der Waals surface area contributed by atoms with E-state index >= 15 is 0 Å². The number of rotatable bonds is 12. The first-order valence-corrected chi connectivity index (χ1v) is 14.9. The average molecular weight is 636 g/mol. The van der Waals surface area contributed by atoms with E-state index in [9.17, 15) is 19.2 Å². The molecule has 2 aromatic carbocycles. The number of hydrogen-bond donors (Lipinski definition) is 7. The lowest BCUT2D eigenvalue weighted by Crippen LogP contribution is -2.55. The molecule has 1 aliphatic rings. The number of nitrogens with two attached hydrogens (primary N) is 2. The summed E-state index contributed by atoms with van der Waals surface area (Å²) in [5.41, 5.74) is 12.7. The Morgan fingerprint density at radius 2 is 1.76 bits per heavy atom. The van der Waals surface area contributed by atoms with Gasteiger partial charge in [0.1, 0.15) is 17.7 Å². The lowest BCUT2D eigenvalue weighted by atomic mass is 10.0. The van der Waals surface area contributed by atoms with Crippen molar-refractivity contribution in [3.05, 3.63) is 76.1 Å². The van der Waals surface area contributed by atoms with Gasteiger partial charge in [-0.05, 0) is 62.4 Å². The molecule has 1 aromatic heterocycles. The molecule has 2 heterocycles. The molecule has 3 atom stereocenters. The van der Waals surface area contributed by atoms with Crippen molar-refractivity contribution in [2.45, 2.75) is 64.1 Å². The summed E-state index contributed by atoms with van der Waals surface area (Å²) in [7, 11) is 0. The number of hydrogen-bond acceptors (Lipinski definition) is 8. The molecule has 14 nitrogen and oxygen atoms in total. The first kappa shape index (κ1) is 35.2. The number of aryl methyl sites for hydroxylation is 1. The van der Waals surface area contributed by atoms with Crippen molar-refractivity contribution in [3.8, 4) is 0 Å². The summed E-state index contributed by atoms with van der Waals surface area (Å²) in [4.78, 5) is 64.8. The van der Waals surface area contributed by atoms with E-state index in [4.69, 9.17) is 25.8 Å². The largest absolute Gasteiger partial charge is 0.481 e. The van der Waals surface area contributed by atoms with Crippen LogP contribution in [0.25, 0.3) is 11.0 Å². The minimum Gasteiger partial charge on any atom is -0.481 e. The third-order valence-electron chi connectivity index (χ3n) is 7.09. The van der Waals surface area contributed by atoms with E-state index in [0.29, 0.717) is 24.1 Å². The van der Waals surface area contributed by atoms with Crippen LogP contribution in [0.1, 0.15) is 43.7 Å². The van der Waals surface area contributed by atoms with Crippen molar-refractivity contribution in [2.24, 2.45) is 16.5 Å². The van der Waals surface area contributed by atoms with Crippen molar-refractivity contribution < 1.29 is 28.7 Å². The molecule has 246 valence electrons. The van der Waals surface area contributed by atoms with E-state index in [1.807, 2.05) is 30.3 Å². The van der Waals surface area contributed by atoms with Crippen LogP contribution in [0.2, 0.25) is 0 Å². The summed E-state index contributed by atoms with van der Waals surface area (Å²) < 4.78 is 5.30. The number of carboxylic acid groups (broad SMARTS) is 1. The van der Waals surface area contributed by atoms with Crippen molar-refractivity contribution in [1.29, 1.82) is 0 Å². The molecular weight excluding hydrogens is 594 g/mol. The first-order valence-electron chi connectivity index (χ1n) is 14.9. The highest BCUT2D eigenvalue weighted by molar-refractivity contribution is 5.99. The minimum atomic E-state index is -0.966. The van der Waals surface area contributed by atoms with Crippen LogP contribution < -0.4 is 38.4 Å². The number of benzene rings is 2. The quantitative estimate of drug-likeness (QED) is 0.0649. The third kappa shape index (κ3) is 11.4. The molecule has 14 heteroatoms. The third-order valence-corrected chi connectivity index (χ3v) is 7.09. The maximum absolute atomic E-state index is 13.6. The van der Waals surface area contributed by atoms with Crippen LogP contribution in [0.5, 0.6) is 0 Å². The fraction of sp³-hybridized carbons (Fsp3) is 0.375. The number of nitrogens with zero attached hydrogens (tertiary/aromatic N) is 1. The van der Waals surface area contributed by atoms with E-state index < -0.39 is 35.5 Å². The highest BCUT2D eigenvalue weighted by atomic mass is 16.4. The van der Waals surface area contributed by atoms with Gasteiger partial charge in [-0.25, -0.2) is 4.79 Å². The molecule has 0 bridgehead atoms. The van der Waals surface area contributed by atoms with E-state index in [0.717, 1.165) is 36.4 Å². The van der Waals surface area contributed by atoms with Gasteiger partial charge in [0.25, 0.3) is 5.97 Å². The Balaban J connectivity index is 0.00000136. The molecular formula is C32H41N7O7.